The number of methoxy groups -OCH3 is 1. The van der Waals surface area contributed by atoms with E-state index in [0.717, 1.165) is 25.0 Å². The monoisotopic (exact) mass is 269 g/mol. The second kappa shape index (κ2) is 10.8. The fourth-order valence-corrected chi connectivity index (χ4v) is 2.19. The molecule has 2 nitrogen and oxygen atoms in total. The van der Waals surface area contributed by atoms with Gasteiger partial charge in [0.05, 0.1) is 6.61 Å². The molecule has 0 spiro atoms. The second-order valence-corrected chi connectivity index (χ2v) is 4.91. The minimum atomic E-state index is 0.837. The molecule has 0 atom stereocenters. The molecule has 0 amide bonds. The van der Waals surface area contributed by atoms with Crippen LogP contribution in [0.25, 0.3) is 0 Å². The lowest BCUT2D eigenvalue weighted by molar-refractivity contribution is 0.155. The van der Waals surface area contributed by atoms with Gasteiger partial charge in [-0.3, -0.25) is 4.90 Å². The van der Waals surface area contributed by atoms with Crippen LogP contribution in [0.2, 0.25) is 0 Å². The molecular formula is C9H20BrNOS. The van der Waals surface area contributed by atoms with E-state index in [1.54, 1.807) is 7.11 Å². The van der Waals surface area contributed by atoms with Gasteiger partial charge in [-0.15, -0.1) is 0 Å². The highest BCUT2D eigenvalue weighted by atomic mass is 79.9. The van der Waals surface area contributed by atoms with E-state index in [1.165, 1.54) is 18.1 Å². The van der Waals surface area contributed by atoms with Crippen molar-refractivity contribution in [1.29, 1.82) is 0 Å². The number of nitrogens with zero attached hydrogens (tertiary/aromatic N) is 1. The van der Waals surface area contributed by atoms with Crippen LogP contribution in [-0.4, -0.2) is 55.1 Å². The lowest BCUT2D eigenvalue weighted by Gasteiger charge is -2.20. The zero-order valence-electron chi connectivity index (χ0n) is 8.59. The van der Waals surface area contributed by atoms with Gasteiger partial charge in [0, 0.05) is 37.8 Å². The van der Waals surface area contributed by atoms with Crippen molar-refractivity contribution in [1.82, 2.24) is 4.90 Å². The minimum absolute atomic E-state index is 0.837. The number of hydrogen-bond donors (Lipinski definition) is 0. The van der Waals surface area contributed by atoms with E-state index in [9.17, 15) is 0 Å². The molecule has 0 aromatic heterocycles. The molecule has 0 heterocycles. The summed E-state index contributed by atoms with van der Waals surface area (Å²) in [7, 11) is 1.76. The average Bonchev–Trinajstić information content (AvgIpc) is 2.14. The predicted molar refractivity (Wildman–Crippen MR) is 65.1 cm³/mol. The minimum Gasteiger partial charge on any atom is -0.383 e. The molecule has 0 unspecified atom stereocenters. The normalized spacial score (nSPS) is 11.1. The van der Waals surface area contributed by atoms with E-state index in [2.05, 4.69) is 27.8 Å². The maximum Gasteiger partial charge on any atom is 0.0589 e. The Morgan fingerprint density at radius 1 is 1.31 bits per heavy atom. The molecule has 0 aliphatic heterocycles. The third-order valence-electron chi connectivity index (χ3n) is 1.77. The van der Waals surface area contributed by atoms with Gasteiger partial charge < -0.3 is 4.74 Å². The molecule has 0 aliphatic rings. The Balaban J connectivity index is 3.41. The third-order valence-corrected chi connectivity index (χ3v) is 3.00. The van der Waals surface area contributed by atoms with Gasteiger partial charge in [0.1, 0.15) is 0 Å². The lowest BCUT2D eigenvalue weighted by Crippen LogP contribution is -2.31. The quantitative estimate of drug-likeness (QED) is 0.470. The molecule has 4 heteroatoms. The summed E-state index contributed by atoms with van der Waals surface area (Å²) in [5, 5.41) is 1.05. The zero-order valence-corrected chi connectivity index (χ0v) is 11.0. The molecule has 0 aliphatic carbocycles. The molecule has 0 aromatic rings. The van der Waals surface area contributed by atoms with E-state index in [-0.39, 0.29) is 0 Å². The van der Waals surface area contributed by atoms with Crippen molar-refractivity contribution in [3.05, 3.63) is 0 Å². The van der Waals surface area contributed by atoms with Crippen molar-refractivity contribution in [2.24, 2.45) is 0 Å². The van der Waals surface area contributed by atoms with Crippen LogP contribution in [0.5, 0.6) is 0 Å². The maximum atomic E-state index is 5.06. The van der Waals surface area contributed by atoms with E-state index < -0.39 is 0 Å². The Kier molecular flexibility index (Phi) is 11.5. The molecule has 13 heavy (non-hydrogen) atoms. The largest absolute Gasteiger partial charge is 0.383 e. The van der Waals surface area contributed by atoms with Crippen LogP contribution in [0.1, 0.15) is 6.92 Å². The molecule has 0 rings (SSSR count). The van der Waals surface area contributed by atoms with E-state index >= 15 is 0 Å². The number of rotatable bonds is 9. The molecule has 0 fully saturated rings. The van der Waals surface area contributed by atoms with Gasteiger partial charge in [-0.25, -0.2) is 0 Å². The van der Waals surface area contributed by atoms with E-state index in [1.807, 2.05) is 11.8 Å². The first kappa shape index (κ1) is 13.8. The second-order valence-electron chi connectivity index (χ2n) is 2.72. The molecule has 0 bridgehead atoms. The predicted octanol–water partition coefficient (Wildman–Crippen LogP) is 2.08. The van der Waals surface area contributed by atoms with Crippen LogP contribution in [0.15, 0.2) is 0 Å². The first-order valence-electron chi connectivity index (χ1n) is 4.70. The standard InChI is InChI=1S/C9H20BrNOS/c1-3-13-9-7-11(5-4-10)6-8-12-2/h3-9H2,1-2H3. The van der Waals surface area contributed by atoms with Crippen LogP contribution >= 0.6 is 27.7 Å². The molecule has 0 N–H and O–H groups in total. The molecule has 0 saturated carbocycles. The molecule has 0 saturated heterocycles. The van der Waals surface area contributed by atoms with Gasteiger partial charge in [-0.2, -0.15) is 11.8 Å². The van der Waals surface area contributed by atoms with Crippen LogP contribution in [-0.2, 0) is 4.74 Å². The highest BCUT2D eigenvalue weighted by Gasteiger charge is 2.02. The summed E-state index contributed by atoms with van der Waals surface area (Å²) < 4.78 is 5.06. The number of thioether (sulfide) groups is 1. The van der Waals surface area contributed by atoms with E-state index in [4.69, 9.17) is 4.74 Å². The highest BCUT2D eigenvalue weighted by Crippen LogP contribution is 2.00. The summed E-state index contributed by atoms with van der Waals surface area (Å²) >= 11 is 5.46. The molecule has 80 valence electrons. The zero-order chi connectivity index (χ0) is 9.94. The van der Waals surface area contributed by atoms with Crippen molar-refractivity contribution in [2.45, 2.75) is 6.92 Å². The topological polar surface area (TPSA) is 12.5 Å². The molecule has 0 radical (unpaired) electrons. The fourth-order valence-electron chi connectivity index (χ4n) is 1.01. The number of halogens is 1. The first-order chi connectivity index (χ1) is 6.35. The highest BCUT2D eigenvalue weighted by molar-refractivity contribution is 9.09. The van der Waals surface area contributed by atoms with Gasteiger partial charge in [0.25, 0.3) is 0 Å². The summed E-state index contributed by atoms with van der Waals surface area (Å²) in [4.78, 5) is 2.43. The Morgan fingerprint density at radius 3 is 2.62 bits per heavy atom. The van der Waals surface area contributed by atoms with Crippen molar-refractivity contribution in [3.8, 4) is 0 Å². The third kappa shape index (κ3) is 9.06. The van der Waals surface area contributed by atoms with Crippen molar-refractivity contribution in [3.63, 3.8) is 0 Å². The Bertz CT molecular complexity index is 106. The smallest absolute Gasteiger partial charge is 0.0589 e. The molecular weight excluding hydrogens is 250 g/mol. The first-order valence-corrected chi connectivity index (χ1v) is 6.97. The SMILES string of the molecule is CCSCCN(CCBr)CCOC. The van der Waals surface area contributed by atoms with Crippen molar-refractivity contribution >= 4 is 27.7 Å². The Labute approximate surface area is 94.5 Å². The van der Waals surface area contributed by atoms with Crippen LogP contribution < -0.4 is 0 Å². The maximum absolute atomic E-state index is 5.06. The Hall–Kier alpha value is 0.750. The van der Waals surface area contributed by atoms with Crippen LogP contribution in [0, 0.1) is 0 Å². The number of hydrogen-bond acceptors (Lipinski definition) is 3. The summed E-state index contributed by atoms with van der Waals surface area (Å²) in [5.41, 5.74) is 0. The van der Waals surface area contributed by atoms with Gasteiger partial charge >= 0.3 is 0 Å². The summed E-state index contributed by atoms with van der Waals surface area (Å²) in [6.07, 6.45) is 0. The Morgan fingerprint density at radius 2 is 2.08 bits per heavy atom. The number of alkyl halides is 1. The summed E-state index contributed by atoms with van der Waals surface area (Å²) in [6.45, 7) is 6.38. The van der Waals surface area contributed by atoms with Gasteiger partial charge in [-0.05, 0) is 5.75 Å². The number of ether oxygens (including phenoxy) is 1. The van der Waals surface area contributed by atoms with Crippen molar-refractivity contribution in [2.75, 3.05) is 50.2 Å². The fraction of sp³-hybridized carbons (Fsp3) is 1.00. The summed E-state index contributed by atoms with van der Waals surface area (Å²) in [6, 6.07) is 0. The van der Waals surface area contributed by atoms with Gasteiger partial charge in [0.2, 0.25) is 0 Å². The van der Waals surface area contributed by atoms with E-state index in [0.29, 0.717) is 0 Å². The van der Waals surface area contributed by atoms with Crippen LogP contribution in [0.4, 0.5) is 0 Å². The lowest BCUT2D eigenvalue weighted by atomic mass is 10.5. The summed E-state index contributed by atoms with van der Waals surface area (Å²) in [5.74, 6) is 2.44. The van der Waals surface area contributed by atoms with Gasteiger partial charge in [0.15, 0.2) is 0 Å². The van der Waals surface area contributed by atoms with Crippen molar-refractivity contribution < 1.29 is 4.74 Å². The van der Waals surface area contributed by atoms with Crippen LogP contribution in [0.3, 0.4) is 0 Å². The average molecular weight is 270 g/mol. The molecule has 0 aromatic carbocycles. The van der Waals surface area contributed by atoms with Gasteiger partial charge in [-0.1, -0.05) is 22.9 Å².